The molecule has 0 heterocycles. The van der Waals surface area contributed by atoms with Crippen LogP contribution in [0.4, 0.5) is 0 Å². The highest BCUT2D eigenvalue weighted by Gasteiger charge is 1.96. The first kappa shape index (κ1) is 38.9. The molecule has 0 rings (SSSR count). The molecule has 0 unspecified atom stereocenters. The molecule has 32 heavy (non-hydrogen) atoms. The van der Waals surface area contributed by atoms with Crippen LogP contribution in [0.1, 0.15) is 117 Å². The summed E-state index contributed by atoms with van der Waals surface area (Å²) in [7, 11) is -8.96. The molecular formula is C20H50N2O8S2. The Bertz CT molecular complexity index is 508. The lowest BCUT2D eigenvalue weighted by Crippen LogP contribution is -2.05. The molecule has 0 aromatic heterocycles. The van der Waals surface area contributed by atoms with E-state index < -0.39 is 20.8 Å². The molecule has 0 aliphatic carbocycles. The van der Waals surface area contributed by atoms with Crippen LogP contribution in [0.15, 0.2) is 0 Å². The summed E-state index contributed by atoms with van der Waals surface area (Å²) in [4.78, 5) is 0. The number of hydrogen-bond donors (Lipinski definition) is 2. The Morgan fingerprint density at radius 1 is 0.469 bits per heavy atom. The molecule has 0 aliphatic heterocycles. The average Bonchev–Trinajstić information content (AvgIpc) is 2.64. The molecule has 0 aliphatic rings. The van der Waals surface area contributed by atoms with Crippen molar-refractivity contribution >= 4 is 20.8 Å². The average molecular weight is 511 g/mol. The summed E-state index contributed by atoms with van der Waals surface area (Å²) in [5.74, 6) is 0. The molecule has 8 N–H and O–H groups in total. The van der Waals surface area contributed by atoms with Crippen molar-refractivity contribution in [3.05, 3.63) is 0 Å². The molecule has 0 fully saturated rings. The summed E-state index contributed by atoms with van der Waals surface area (Å²) in [6.45, 7) is 4.42. The van der Waals surface area contributed by atoms with Crippen molar-refractivity contribution in [3.63, 3.8) is 0 Å². The van der Waals surface area contributed by atoms with Gasteiger partial charge < -0.3 is 21.4 Å². The van der Waals surface area contributed by atoms with E-state index in [2.05, 4.69) is 22.2 Å². The molecule has 200 valence electrons. The minimum atomic E-state index is -4.48. The molecule has 0 spiro atoms. The van der Waals surface area contributed by atoms with Crippen molar-refractivity contribution in [2.24, 2.45) is 0 Å². The zero-order valence-corrected chi connectivity index (χ0v) is 22.4. The van der Waals surface area contributed by atoms with Crippen molar-refractivity contribution in [3.8, 4) is 0 Å². The van der Waals surface area contributed by atoms with Crippen LogP contribution in [0.5, 0.6) is 0 Å². The standard InChI is InChI=1S/2C10H22O4S.2H3N/c2*1-2-3-4-5-6-7-8-9-10-14-15(11,12)13;;/h2*2-10H2,1H3,(H,11,12,13);2*1H3. The molecule has 0 saturated heterocycles. The lowest BCUT2D eigenvalue weighted by atomic mass is 10.1. The molecule has 0 aromatic rings. The third kappa shape index (κ3) is 43.5. The van der Waals surface area contributed by atoms with Gasteiger partial charge in [0, 0.05) is 0 Å². The van der Waals surface area contributed by atoms with Crippen molar-refractivity contribution in [1.29, 1.82) is 0 Å². The molecule has 12 heteroatoms. The predicted octanol–water partition coefficient (Wildman–Crippen LogP) is 5.96. The first-order chi connectivity index (χ1) is 14.1. The SMILES string of the molecule is CCCCCCCCCCOS(=O)(=O)[O-].CCCCCCCCCCOS(=O)(=O)[O-].[NH4+].[NH4+]. The lowest BCUT2D eigenvalue weighted by molar-refractivity contribution is 0.253. The van der Waals surface area contributed by atoms with Gasteiger partial charge in [-0.25, -0.2) is 16.8 Å². The van der Waals surface area contributed by atoms with Gasteiger partial charge in [-0.1, -0.05) is 104 Å². The van der Waals surface area contributed by atoms with Crippen LogP contribution in [-0.4, -0.2) is 39.2 Å². The molecule has 0 atom stereocenters. The highest BCUT2D eigenvalue weighted by Crippen LogP contribution is 2.09. The van der Waals surface area contributed by atoms with Crippen molar-refractivity contribution in [2.75, 3.05) is 13.2 Å². The maximum Gasteiger partial charge on any atom is 0.217 e. The molecule has 10 nitrogen and oxygen atoms in total. The molecule has 0 bridgehead atoms. The van der Waals surface area contributed by atoms with Crippen LogP contribution < -0.4 is 12.3 Å². The topological polar surface area (TPSA) is 206 Å². The highest BCUT2D eigenvalue weighted by molar-refractivity contribution is 7.81. The van der Waals surface area contributed by atoms with Crippen molar-refractivity contribution < 1.29 is 34.3 Å². The van der Waals surface area contributed by atoms with Gasteiger partial charge in [0.1, 0.15) is 0 Å². The van der Waals surface area contributed by atoms with E-state index in [9.17, 15) is 25.9 Å². The number of quaternary nitrogens is 2. The van der Waals surface area contributed by atoms with Crippen LogP contribution in [0.25, 0.3) is 0 Å². The van der Waals surface area contributed by atoms with Gasteiger partial charge in [0.25, 0.3) is 0 Å². The summed E-state index contributed by atoms with van der Waals surface area (Å²) in [5.41, 5.74) is 0. The van der Waals surface area contributed by atoms with Gasteiger partial charge >= 0.3 is 0 Å². The van der Waals surface area contributed by atoms with Gasteiger partial charge in [0.15, 0.2) is 0 Å². The maximum atomic E-state index is 10.1. The summed E-state index contributed by atoms with van der Waals surface area (Å²) < 4.78 is 68.5. The lowest BCUT2D eigenvalue weighted by Gasteiger charge is -2.06. The second-order valence-electron chi connectivity index (χ2n) is 7.41. The summed E-state index contributed by atoms with van der Waals surface area (Å²) in [5, 5.41) is 0. The van der Waals surface area contributed by atoms with E-state index in [0.29, 0.717) is 12.8 Å². The Kier molecular flexibility index (Phi) is 32.7. The van der Waals surface area contributed by atoms with E-state index in [1.54, 1.807) is 0 Å². The summed E-state index contributed by atoms with van der Waals surface area (Å²) in [6.07, 6.45) is 17.8. The van der Waals surface area contributed by atoms with Gasteiger partial charge in [-0.05, 0) is 12.8 Å². The zero-order chi connectivity index (χ0) is 23.1. The van der Waals surface area contributed by atoms with E-state index in [-0.39, 0.29) is 25.5 Å². The summed E-state index contributed by atoms with van der Waals surface area (Å²) >= 11 is 0. The van der Waals surface area contributed by atoms with Gasteiger partial charge in [0.2, 0.25) is 20.8 Å². The van der Waals surface area contributed by atoms with Gasteiger partial charge in [0.05, 0.1) is 13.2 Å². The minimum absolute atomic E-state index is 0. The first-order valence-electron chi connectivity index (χ1n) is 11.3. The minimum Gasteiger partial charge on any atom is -0.726 e. The molecule has 0 amide bonds. The fraction of sp³-hybridized carbons (Fsp3) is 1.00. The third-order valence-corrected chi connectivity index (χ3v) is 5.36. The van der Waals surface area contributed by atoms with Crippen LogP contribution >= 0.6 is 0 Å². The Labute approximate surface area is 197 Å². The highest BCUT2D eigenvalue weighted by atomic mass is 32.3. The van der Waals surface area contributed by atoms with E-state index in [1.807, 2.05) is 0 Å². The number of unbranched alkanes of at least 4 members (excludes halogenated alkanes) is 14. The monoisotopic (exact) mass is 510 g/mol. The van der Waals surface area contributed by atoms with Crippen LogP contribution in [-0.2, 0) is 29.2 Å². The Morgan fingerprint density at radius 3 is 0.906 bits per heavy atom. The zero-order valence-electron chi connectivity index (χ0n) is 20.8. The van der Waals surface area contributed by atoms with E-state index in [1.165, 1.54) is 64.2 Å². The van der Waals surface area contributed by atoms with E-state index in [4.69, 9.17) is 0 Å². The molecule has 0 aromatic carbocycles. The summed E-state index contributed by atoms with van der Waals surface area (Å²) in [6, 6.07) is 0. The normalized spacial score (nSPS) is 11.1. The fourth-order valence-corrected chi connectivity index (χ4v) is 3.44. The van der Waals surface area contributed by atoms with Crippen molar-refractivity contribution in [2.45, 2.75) is 117 Å². The van der Waals surface area contributed by atoms with E-state index in [0.717, 1.165) is 25.7 Å². The Balaban J connectivity index is -0.000000231. The smallest absolute Gasteiger partial charge is 0.217 e. The van der Waals surface area contributed by atoms with Gasteiger partial charge in [-0.3, -0.25) is 8.37 Å². The first-order valence-corrected chi connectivity index (χ1v) is 14.0. The maximum absolute atomic E-state index is 10.1. The predicted molar refractivity (Wildman–Crippen MR) is 128 cm³/mol. The third-order valence-electron chi connectivity index (χ3n) is 4.45. The van der Waals surface area contributed by atoms with E-state index >= 15 is 0 Å². The van der Waals surface area contributed by atoms with Crippen molar-refractivity contribution in [1.82, 2.24) is 12.3 Å². The Hall–Kier alpha value is -0.340. The number of rotatable bonds is 20. The van der Waals surface area contributed by atoms with Crippen LogP contribution in [0.3, 0.4) is 0 Å². The number of hydrogen-bond acceptors (Lipinski definition) is 8. The second kappa shape index (κ2) is 26.9. The van der Waals surface area contributed by atoms with Gasteiger partial charge in [-0.2, -0.15) is 0 Å². The molecule has 0 saturated carbocycles. The quantitative estimate of drug-likeness (QED) is 0.113. The Morgan fingerprint density at radius 2 is 0.688 bits per heavy atom. The molecular weight excluding hydrogens is 460 g/mol. The van der Waals surface area contributed by atoms with Crippen LogP contribution in [0.2, 0.25) is 0 Å². The fourth-order valence-electron chi connectivity index (χ4n) is 2.79. The molecule has 0 radical (unpaired) electrons. The second-order valence-corrected chi connectivity index (χ2v) is 9.51. The largest absolute Gasteiger partial charge is 0.726 e. The van der Waals surface area contributed by atoms with Gasteiger partial charge in [-0.15, -0.1) is 0 Å². The van der Waals surface area contributed by atoms with Crippen LogP contribution in [0, 0.1) is 0 Å².